The number of carbonyl (C=O) groups is 1. The lowest BCUT2D eigenvalue weighted by Gasteiger charge is -2.21. The minimum absolute atomic E-state index is 0.0462. The molecule has 35 heavy (non-hydrogen) atoms. The molecule has 0 saturated heterocycles. The number of hydrogen-bond acceptors (Lipinski definition) is 5. The average molecular weight is 537 g/mol. The molecule has 0 spiro atoms. The summed E-state index contributed by atoms with van der Waals surface area (Å²) in [6.07, 6.45) is 4.35. The number of Topliss-reactive ketones (excluding diaryl/α,β-unsaturated/α-hetero) is 1. The molecule has 1 heterocycles. The van der Waals surface area contributed by atoms with Crippen molar-refractivity contribution in [2.45, 2.75) is 56.9 Å². The number of fused-ring (bicyclic) bond motifs is 1. The van der Waals surface area contributed by atoms with E-state index in [-0.39, 0.29) is 52.3 Å². The fourth-order valence-corrected chi connectivity index (χ4v) is 6.85. The molecule has 1 aromatic heterocycles. The number of aromatic nitrogens is 2. The number of halogens is 2. The normalized spacial score (nSPS) is 14.9. The zero-order valence-electron chi connectivity index (χ0n) is 19.1. The van der Waals surface area contributed by atoms with Gasteiger partial charge in [0.25, 0.3) is 5.56 Å². The van der Waals surface area contributed by atoms with Gasteiger partial charge in [0, 0.05) is 12.1 Å². The average Bonchev–Trinajstić information content (AvgIpc) is 2.86. The van der Waals surface area contributed by atoms with Crippen LogP contribution in [0.3, 0.4) is 0 Å². The Morgan fingerprint density at radius 1 is 0.943 bits per heavy atom. The monoisotopic (exact) mass is 536 g/mol. The van der Waals surface area contributed by atoms with Gasteiger partial charge in [-0.15, -0.1) is 0 Å². The van der Waals surface area contributed by atoms with Crippen molar-refractivity contribution >= 4 is 49.7 Å². The quantitative estimate of drug-likeness (QED) is 0.395. The maximum Gasteiger partial charge on any atom is 0.331 e. The molecule has 4 rings (SSSR count). The number of ketones is 1. The molecule has 0 unspecified atom stereocenters. The smallest absolute Gasteiger partial charge is 0.292 e. The number of sulfone groups is 1. The Labute approximate surface area is 213 Å². The van der Waals surface area contributed by atoms with Crippen LogP contribution in [0.5, 0.6) is 0 Å². The Balaban J connectivity index is 1.63. The molecule has 1 saturated carbocycles. The zero-order valence-corrected chi connectivity index (χ0v) is 21.4. The maximum atomic E-state index is 13.3. The maximum absolute atomic E-state index is 13.3. The lowest BCUT2D eigenvalue weighted by Crippen LogP contribution is -2.41. The van der Waals surface area contributed by atoms with Crippen molar-refractivity contribution in [2.75, 3.05) is 5.75 Å². The van der Waals surface area contributed by atoms with E-state index in [9.17, 15) is 22.8 Å². The molecule has 0 atom stereocenters. The van der Waals surface area contributed by atoms with Crippen LogP contribution in [0.15, 0.2) is 52.1 Å². The second-order valence-corrected chi connectivity index (χ2v) is 12.1. The standard InChI is InChI=1S/C25H26Cl2N2O5S/c26-20-12-11-17(15-21(20)27)23(30)16-29-22-10-5-4-9-19(22)24(31)28(25(29)32)13-6-14-35(33,34)18-7-2-1-3-8-18/h4-5,9-12,15,18H,1-3,6-8,13-14,16H2. The summed E-state index contributed by atoms with van der Waals surface area (Å²) in [4.78, 5) is 39.4. The molecular formula is C25H26Cl2N2O5S. The summed E-state index contributed by atoms with van der Waals surface area (Å²) < 4.78 is 27.8. The molecule has 3 aromatic rings. The molecule has 0 bridgehead atoms. The molecule has 7 nitrogen and oxygen atoms in total. The Kier molecular flexibility index (Phi) is 7.83. The molecular weight excluding hydrogens is 511 g/mol. The minimum atomic E-state index is -3.30. The van der Waals surface area contributed by atoms with E-state index in [1.54, 1.807) is 24.3 Å². The van der Waals surface area contributed by atoms with E-state index in [0.717, 1.165) is 23.8 Å². The first-order chi connectivity index (χ1) is 16.7. The van der Waals surface area contributed by atoms with E-state index in [1.165, 1.54) is 22.8 Å². The molecule has 0 N–H and O–H groups in total. The van der Waals surface area contributed by atoms with Crippen molar-refractivity contribution in [3.05, 3.63) is 78.9 Å². The first kappa shape index (κ1) is 25.7. The number of rotatable bonds is 8. The van der Waals surface area contributed by atoms with Gasteiger partial charge in [-0.05, 0) is 49.6 Å². The molecule has 10 heteroatoms. The SMILES string of the molecule is O=C(Cn1c(=O)n(CCCS(=O)(=O)C2CCCCC2)c(=O)c2ccccc21)c1ccc(Cl)c(Cl)c1. The van der Waals surface area contributed by atoms with Gasteiger partial charge in [-0.25, -0.2) is 13.2 Å². The molecule has 0 radical (unpaired) electrons. The van der Waals surface area contributed by atoms with E-state index in [0.29, 0.717) is 23.4 Å². The van der Waals surface area contributed by atoms with Crippen molar-refractivity contribution in [3.8, 4) is 0 Å². The second kappa shape index (κ2) is 10.7. The zero-order chi connectivity index (χ0) is 25.2. The number of nitrogens with zero attached hydrogens (tertiary/aromatic N) is 2. The summed E-state index contributed by atoms with van der Waals surface area (Å²) in [5.41, 5.74) is -0.537. The van der Waals surface area contributed by atoms with Gasteiger partial charge in [0.15, 0.2) is 15.6 Å². The number of para-hydroxylation sites is 1. The van der Waals surface area contributed by atoms with Gasteiger partial charge in [-0.1, -0.05) is 54.6 Å². The highest BCUT2D eigenvalue weighted by Crippen LogP contribution is 2.25. The summed E-state index contributed by atoms with van der Waals surface area (Å²) in [5, 5.41) is 0.468. The van der Waals surface area contributed by atoms with Gasteiger partial charge in [-0.3, -0.25) is 18.7 Å². The van der Waals surface area contributed by atoms with Crippen molar-refractivity contribution < 1.29 is 13.2 Å². The van der Waals surface area contributed by atoms with Gasteiger partial charge in [-0.2, -0.15) is 0 Å². The summed E-state index contributed by atoms with van der Waals surface area (Å²) in [6.45, 7) is -0.354. The van der Waals surface area contributed by atoms with E-state index < -0.39 is 21.1 Å². The van der Waals surface area contributed by atoms with Crippen LogP contribution in [-0.2, 0) is 22.9 Å². The first-order valence-corrected chi connectivity index (χ1v) is 14.1. The number of carbonyl (C=O) groups excluding carboxylic acids is 1. The van der Waals surface area contributed by atoms with Gasteiger partial charge < -0.3 is 0 Å². The van der Waals surface area contributed by atoms with Crippen LogP contribution < -0.4 is 11.2 Å². The first-order valence-electron chi connectivity index (χ1n) is 11.6. The highest BCUT2D eigenvalue weighted by molar-refractivity contribution is 7.92. The van der Waals surface area contributed by atoms with E-state index in [2.05, 4.69) is 0 Å². The second-order valence-electron chi connectivity index (χ2n) is 8.88. The van der Waals surface area contributed by atoms with Gasteiger partial charge in [0.1, 0.15) is 0 Å². The van der Waals surface area contributed by atoms with Crippen LogP contribution in [0, 0.1) is 0 Å². The summed E-state index contributed by atoms with van der Waals surface area (Å²) in [7, 11) is -3.30. The Bertz CT molecular complexity index is 1490. The van der Waals surface area contributed by atoms with E-state index in [4.69, 9.17) is 23.2 Å². The number of hydrogen-bond donors (Lipinski definition) is 0. The minimum Gasteiger partial charge on any atom is -0.292 e. The molecule has 1 aliphatic carbocycles. The molecule has 1 fully saturated rings. The summed E-state index contributed by atoms with van der Waals surface area (Å²) in [5.74, 6) is -0.459. The Hall–Kier alpha value is -2.42. The van der Waals surface area contributed by atoms with Crippen LogP contribution in [0.1, 0.15) is 48.9 Å². The van der Waals surface area contributed by atoms with Crippen LogP contribution in [0.4, 0.5) is 0 Å². The highest BCUT2D eigenvalue weighted by atomic mass is 35.5. The van der Waals surface area contributed by atoms with Crippen molar-refractivity contribution in [2.24, 2.45) is 0 Å². The fourth-order valence-electron chi connectivity index (χ4n) is 4.64. The predicted octanol–water partition coefficient (Wildman–Crippen LogP) is 4.49. The van der Waals surface area contributed by atoms with Gasteiger partial charge in [0.2, 0.25) is 0 Å². The predicted molar refractivity (Wildman–Crippen MR) is 139 cm³/mol. The Morgan fingerprint density at radius 3 is 2.37 bits per heavy atom. The molecule has 2 aromatic carbocycles. The van der Waals surface area contributed by atoms with Crippen LogP contribution in [0.25, 0.3) is 10.9 Å². The third-order valence-electron chi connectivity index (χ3n) is 6.55. The van der Waals surface area contributed by atoms with Gasteiger partial charge in [0.05, 0.1) is 38.5 Å². The van der Waals surface area contributed by atoms with Crippen molar-refractivity contribution in [3.63, 3.8) is 0 Å². The molecule has 0 aliphatic heterocycles. The fraction of sp³-hybridized carbons (Fsp3) is 0.400. The number of benzene rings is 2. The lowest BCUT2D eigenvalue weighted by atomic mass is 10.0. The third-order valence-corrected chi connectivity index (χ3v) is 9.63. The van der Waals surface area contributed by atoms with Gasteiger partial charge >= 0.3 is 5.69 Å². The lowest BCUT2D eigenvalue weighted by molar-refractivity contribution is 0.0971. The van der Waals surface area contributed by atoms with Crippen molar-refractivity contribution in [1.29, 1.82) is 0 Å². The topological polar surface area (TPSA) is 95.2 Å². The molecule has 0 amide bonds. The van der Waals surface area contributed by atoms with E-state index in [1.807, 2.05) is 0 Å². The summed E-state index contributed by atoms with van der Waals surface area (Å²) in [6, 6.07) is 11.0. The van der Waals surface area contributed by atoms with Crippen LogP contribution in [-0.4, -0.2) is 34.3 Å². The van der Waals surface area contributed by atoms with Crippen LogP contribution in [0.2, 0.25) is 10.0 Å². The largest absolute Gasteiger partial charge is 0.331 e. The third kappa shape index (κ3) is 5.55. The molecule has 186 valence electrons. The van der Waals surface area contributed by atoms with E-state index >= 15 is 0 Å². The van der Waals surface area contributed by atoms with Crippen LogP contribution >= 0.6 is 23.2 Å². The Morgan fingerprint density at radius 2 is 1.66 bits per heavy atom. The summed E-state index contributed by atoms with van der Waals surface area (Å²) >= 11 is 12.0. The van der Waals surface area contributed by atoms with Crippen molar-refractivity contribution in [1.82, 2.24) is 9.13 Å². The highest BCUT2D eigenvalue weighted by Gasteiger charge is 2.27. The molecule has 1 aliphatic rings.